The third-order valence-corrected chi connectivity index (χ3v) is 5.64. The van der Waals surface area contributed by atoms with E-state index in [9.17, 15) is 8.42 Å². The average molecular weight is 312 g/mol. The molecule has 1 unspecified atom stereocenters. The Labute approximate surface area is 127 Å². The van der Waals surface area contributed by atoms with Crippen LogP contribution in [0.5, 0.6) is 0 Å². The summed E-state index contributed by atoms with van der Waals surface area (Å²) in [6.07, 6.45) is 2.43. The zero-order valence-corrected chi connectivity index (χ0v) is 13.7. The molecule has 1 aliphatic rings. The minimum Gasteiger partial charge on any atom is -0.398 e. The van der Waals surface area contributed by atoms with E-state index in [1.165, 1.54) is 19.9 Å². The van der Waals surface area contributed by atoms with E-state index in [2.05, 4.69) is 21.6 Å². The summed E-state index contributed by atoms with van der Waals surface area (Å²) in [4.78, 5) is 4.61. The number of benzene rings is 1. The van der Waals surface area contributed by atoms with Crippen molar-refractivity contribution in [2.75, 3.05) is 44.9 Å². The topological polar surface area (TPSA) is 78.7 Å². The van der Waals surface area contributed by atoms with Gasteiger partial charge >= 0.3 is 0 Å². The number of nitrogen functional groups attached to an aromatic ring is 1. The normalized spacial score (nSPS) is 19.9. The van der Waals surface area contributed by atoms with Crippen molar-refractivity contribution in [3.8, 4) is 0 Å². The van der Waals surface area contributed by atoms with Gasteiger partial charge in [-0.1, -0.05) is 0 Å². The number of likely N-dealkylation sites (tertiary alicyclic amines) is 1. The molecule has 1 fully saturated rings. The largest absolute Gasteiger partial charge is 0.398 e. The molecule has 0 amide bonds. The zero-order valence-electron chi connectivity index (χ0n) is 12.8. The molecule has 21 heavy (non-hydrogen) atoms. The van der Waals surface area contributed by atoms with Crippen molar-refractivity contribution >= 4 is 21.4 Å². The number of nitrogens with two attached hydrogens (primary N) is 1. The molecule has 2 rings (SSSR count). The highest BCUT2D eigenvalue weighted by molar-refractivity contribution is 7.89. The average Bonchev–Trinajstić information content (AvgIpc) is 2.83. The first-order chi connectivity index (χ1) is 9.85. The maximum atomic E-state index is 11.8. The summed E-state index contributed by atoms with van der Waals surface area (Å²) >= 11 is 0. The third kappa shape index (κ3) is 3.48. The second-order valence-corrected chi connectivity index (χ2v) is 7.44. The van der Waals surface area contributed by atoms with Gasteiger partial charge in [0, 0.05) is 25.3 Å². The van der Waals surface area contributed by atoms with Gasteiger partial charge in [0.2, 0.25) is 10.0 Å². The standard InChI is InChI=1S/C14H24N4O2S/c1-16-21(19,20)14-7-6-11(9-13(14)15)18(3)10-12-5-4-8-17(12)2/h6-7,9,12,16H,4-5,8,10,15H2,1-3H3. The lowest BCUT2D eigenvalue weighted by molar-refractivity contribution is 0.314. The molecule has 1 aromatic rings. The van der Waals surface area contributed by atoms with Crippen LogP contribution in [-0.2, 0) is 10.0 Å². The molecule has 118 valence electrons. The first kappa shape index (κ1) is 16.1. The maximum absolute atomic E-state index is 11.8. The molecule has 1 aliphatic heterocycles. The van der Waals surface area contributed by atoms with Crippen LogP contribution in [0.2, 0.25) is 0 Å². The van der Waals surface area contributed by atoms with E-state index in [0.717, 1.165) is 18.8 Å². The molecule has 0 bridgehead atoms. The summed E-state index contributed by atoms with van der Waals surface area (Å²) in [5, 5.41) is 0. The molecule has 0 aromatic heterocycles. The van der Waals surface area contributed by atoms with Crippen LogP contribution < -0.4 is 15.4 Å². The minimum absolute atomic E-state index is 0.125. The fourth-order valence-corrected chi connectivity index (χ4v) is 3.60. The molecule has 0 radical (unpaired) electrons. The summed E-state index contributed by atoms with van der Waals surface area (Å²) in [7, 11) is 2.02. The highest BCUT2D eigenvalue weighted by atomic mass is 32.2. The predicted molar refractivity (Wildman–Crippen MR) is 86.0 cm³/mol. The summed E-state index contributed by atoms with van der Waals surface area (Å²) in [5.41, 5.74) is 7.11. The summed E-state index contributed by atoms with van der Waals surface area (Å²) in [6, 6.07) is 5.62. The lowest BCUT2D eigenvalue weighted by Gasteiger charge is -2.27. The van der Waals surface area contributed by atoms with Gasteiger partial charge < -0.3 is 15.5 Å². The molecular weight excluding hydrogens is 288 g/mol. The van der Waals surface area contributed by atoms with Crippen LogP contribution in [0.3, 0.4) is 0 Å². The van der Waals surface area contributed by atoms with Crippen LogP contribution in [0.15, 0.2) is 23.1 Å². The van der Waals surface area contributed by atoms with Gasteiger partial charge in [0.05, 0.1) is 5.69 Å². The van der Waals surface area contributed by atoms with Gasteiger partial charge in [-0.25, -0.2) is 13.1 Å². The van der Waals surface area contributed by atoms with Gasteiger partial charge in [-0.05, 0) is 51.7 Å². The molecule has 3 N–H and O–H groups in total. The molecule has 1 heterocycles. The highest BCUT2D eigenvalue weighted by Gasteiger charge is 2.23. The molecule has 0 saturated carbocycles. The van der Waals surface area contributed by atoms with Gasteiger partial charge in [-0.2, -0.15) is 0 Å². The SMILES string of the molecule is CNS(=O)(=O)c1ccc(N(C)CC2CCCN2C)cc1N. The highest BCUT2D eigenvalue weighted by Crippen LogP contribution is 2.25. The molecule has 0 aliphatic carbocycles. The quantitative estimate of drug-likeness (QED) is 0.783. The fraction of sp³-hybridized carbons (Fsp3) is 0.571. The van der Waals surface area contributed by atoms with Crippen molar-refractivity contribution in [1.29, 1.82) is 0 Å². The Kier molecular flexibility index (Phi) is 4.75. The molecule has 7 heteroatoms. The van der Waals surface area contributed by atoms with Crippen LogP contribution in [0, 0.1) is 0 Å². The van der Waals surface area contributed by atoms with Crippen molar-refractivity contribution in [3.63, 3.8) is 0 Å². The molecule has 6 nitrogen and oxygen atoms in total. The maximum Gasteiger partial charge on any atom is 0.242 e. The van der Waals surface area contributed by atoms with Crippen molar-refractivity contribution in [3.05, 3.63) is 18.2 Å². The van der Waals surface area contributed by atoms with Gasteiger partial charge in [0.1, 0.15) is 4.90 Å². The number of likely N-dealkylation sites (N-methyl/N-ethyl adjacent to an activating group) is 2. The Balaban J connectivity index is 2.16. The van der Waals surface area contributed by atoms with Crippen LogP contribution >= 0.6 is 0 Å². The summed E-state index contributed by atoms with van der Waals surface area (Å²) in [5.74, 6) is 0. The fourth-order valence-electron chi connectivity index (χ4n) is 2.76. The van der Waals surface area contributed by atoms with E-state index in [0.29, 0.717) is 6.04 Å². The van der Waals surface area contributed by atoms with Gasteiger partial charge in [0.25, 0.3) is 0 Å². The van der Waals surface area contributed by atoms with E-state index in [1.54, 1.807) is 18.2 Å². The van der Waals surface area contributed by atoms with E-state index < -0.39 is 10.0 Å². The first-order valence-corrected chi connectivity index (χ1v) is 8.58. The van der Waals surface area contributed by atoms with Crippen LogP contribution in [-0.4, -0.2) is 53.6 Å². The number of sulfonamides is 1. The lowest BCUT2D eigenvalue weighted by atomic mass is 10.2. The molecule has 1 aromatic carbocycles. The first-order valence-electron chi connectivity index (χ1n) is 7.09. The molecule has 1 saturated heterocycles. The Morgan fingerprint density at radius 3 is 2.71 bits per heavy atom. The Morgan fingerprint density at radius 1 is 1.48 bits per heavy atom. The predicted octanol–water partition coefficient (Wildman–Crippen LogP) is 0.707. The third-order valence-electron chi connectivity index (χ3n) is 4.15. The number of anilines is 2. The summed E-state index contributed by atoms with van der Waals surface area (Å²) in [6.45, 7) is 2.05. The van der Waals surface area contributed by atoms with Crippen molar-refractivity contribution in [1.82, 2.24) is 9.62 Å². The van der Waals surface area contributed by atoms with E-state index in [4.69, 9.17) is 5.73 Å². The summed E-state index contributed by atoms with van der Waals surface area (Å²) < 4.78 is 25.9. The van der Waals surface area contributed by atoms with E-state index >= 15 is 0 Å². The second kappa shape index (κ2) is 6.21. The van der Waals surface area contributed by atoms with Crippen molar-refractivity contribution < 1.29 is 8.42 Å². The van der Waals surface area contributed by atoms with Crippen molar-refractivity contribution in [2.45, 2.75) is 23.8 Å². The lowest BCUT2D eigenvalue weighted by Crippen LogP contribution is -2.36. The number of nitrogens with one attached hydrogen (secondary N) is 1. The number of hydrogen-bond donors (Lipinski definition) is 2. The smallest absolute Gasteiger partial charge is 0.242 e. The Bertz CT molecular complexity index is 603. The monoisotopic (exact) mass is 312 g/mol. The van der Waals surface area contributed by atoms with Crippen molar-refractivity contribution in [2.24, 2.45) is 0 Å². The Morgan fingerprint density at radius 2 is 2.19 bits per heavy atom. The van der Waals surface area contributed by atoms with E-state index in [-0.39, 0.29) is 10.6 Å². The number of hydrogen-bond acceptors (Lipinski definition) is 5. The molecular formula is C14H24N4O2S. The van der Waals surface area contributed by atoms with Crippen LogP contribution in [0.4, 0.5) is 11.4 Å². The van der Waals surface area contributed by atoms with E-state index in [1.807, 2.05) is 7.05 Å². The number of rotatable bonds is 5. The number of nitrogens with zero attached hydrogens (tertiary/aromatic N) is 2. The zero-order chi connectivity index (χ0) is 15.6. The van der Waals surface area contributed by atoms with Crippen LogP contribution in [0.1, 0.15) is 12.8 Å². The van der Waals surface area contributed by atoms with Gasteiger partial charge in [-0.3, -0.25) is 0 Å². The molecule has 1 atom stereocenters. The second-order valence-electron chi connectivity index (χ2n) is 5.59. The Hall–Kier alpha value is -1.31. The van der Waals surface area contributed by atoms with Crippen LogP contribution in [0.25, 0.3) is 0 Å². The van der Waals surface area contributed by atoms with Gasteiger partial charge in [-0.15, -0.1) is 0 Å². The molecule has 0 spiro atoms. The van der Waals surface area contributed by atoms with Gasteiger partial charge in [0.15, 0.2) is 0 Å². The minimum atomic E-state index is -3.50.